The van der Waals surface area contributed by atoms with E-state index >= 15 is 0 Å². The lowest BCUT2D eigenvalue weighted by Crippen LogP contribution is -2.39. The molecular formula is C14H22O2. The van der Waals surface area contributed by atoms with Gasteiger partial charge in [-0.1, -0.05) is 30.2 Å². The van der Waals surface area contributed by atoms with Crippen LogP contribution in [0.25, 0.3) is 0 Å². The second kappa shape index (κ2) is 4.34. The fourth-order valence-electron chi connectivity index (χ4n) is 3.10. The monoisotopic (exact) mass is 222 g/mol. The van der Waals surface area contributed by atoms with Crippen molar-refractivity contribution in [1.29, 1.82) is 0 Å². The lowest BCUT2D eigenvalue weighted by Gasteiger charge is -2.39. The minimum Gasteiger partial charge on any atom is -0.390 e. The van der Waals surface area contributed by atoms with Crippen molar-refractivity contribution in [1.82, 2.24) is 0 Å². The Morgan fingerprint density at radius 3 is 2.62 bits per heavy atom. The van der Waals surface area contributed by atoms with E-state index in [1.165, 1.54) is 16.7 Å². The van der Waals surface area contributed by atoms with Crippen molar-refractivity contribution in [2.45, 2.75) is 51.7 Å². The largest absolute Gasteiger partial charge is 0.390 e. The molecule has 2 heteroatoms. The van der Waals surface area contributed by atoms with Gasteiger partial charge in [-0.15, -0.1) is 0 Å². The van der Waals surface area contributed by atoms with Gasteiger partial charge in [0.25, 0.3) is 0 Å². The molecule has 0 unspecified atom stereocenters. The molecule has 4 atom stereocenters. The lowest BCUT2D eigenvalue weighted by atomic mass is 9.70. The first-order valence-corrected chi connectivity index (χ1v) is 6.23. The Bertz CT molecular complexity index is 330. The second-order valence-electron chi connectivity index (χ2n) is 5.47. The van der Waals surface area contributed by atoms with Crippen LogP contribution >= 0.6 is 0 Å². The summed E-state index contributed by atoms with van der Waals surface area (Å²) in [6, 6.07) is 0. The van der Waals surface area contributed by atoms with Gasteiger partial charge >= 0.3 is 0 Å². The highest BCUT2D eigenvalue weighted by molar-refractivity contribution is 5.27. The van der Waals surface area contributed by atoms with Crippen molar-refractivity contribution in [3.8, 4) is 0 Å². The smallest absolute Gasteiger partial charge is 0.0864 e. The molecule has 0 bridgehead atoms. The first kappa shape index (κ1) is 11.9. The Morgan fingerprint density at radius 2 is 2.00 bits per heavy atom. The van der Waals surface area contributed by atoms with Crippen LogP contribution in [-0.2, 0) is 0 Å². The molecule has 0 fully saturated rings. The third-order valence-corrected chi connectivity index (χ3v) is 4.32. The summed E-state index contributed by atoms with van der Waals surface area (Å²) in [4.78, 5) is 0. The van der Waals surface area contributed by atoms with Crippen LogP contribution in [-0.4, -0.2) is 22.4 Å². The van der Waals surface area contributed by atoms with Crippen LogP contribution in [0, 0.1) is 11.8 Å². The highest BCUT2D eigenvalue weighted by Crippen LogP contribution is 2.42. The normalized spacial score (nSPS) is 39.5. The van der Waals surface area contributed by atoms with Crippen LogP contribution in [0.4, 0.5) is 0 Å². The van der Waals surface area contributed by atoms with Gasteiger partial charge in [-0.2, -0.15) is 0 Å². The molecule has 0 aromatic rings. The Morgan fingerprint density at radius 1 is 1.31 bits per heavy atom. The van der Waals surface area contributed by atoms with Crippen molar-refractivity contribution in [3.05, 3.63) is 23.3 Å². The van der Waals surface area contributed by atoms with Crippen LogP contribution < -0.4 is 0 Å². The average Bonchev–Trinajstić information content (AvgIpc) is 2.25. The Kier molecular flexibility index (Phi) is 3.22. The van der Waals surface area contributed by atoms with Gasteiger partial charge in [0, 0.05) is 5.92 Å². The summed E-state index contributed by atoms with van der Waals surface area (Å²) in [7, 11) is 0. The molecule has 0 saturated heterocycles. The molecule has 0 heterocycles. The molecule has 2 nitrogen and oxygen atoms in total. The summed E-state index contributed by atoms with van der Waals surface area (Å²) in [6.07, 6.45) is 2.79. The third kappa shape index (κ3) is 1.96. The van der Waals surface area contributed by atoms with Crippen molar-refractivity contribution < 1.29 is 10.2 Å². The number of rotatable bonds is 1. The fourth-order valence-corrected chi connectivity index (χ4v) is 3.10. The fraction of sp³-hybridized carbons (Fsp3) is 0.714. The first-order chi connectivity index (χ1) is 7.50. The van der Waals surface area contributed by atoms with E-state index in [0.717, 1.165) is 19.3 Å². The summed E-state index contributed by atoms with van der Waals surface area (Å²) in [5.74, 6) is 0.685. The number of aliphatic hydroxyl groups is 2. The molecule has 0 aliphatic heterocycles. The molecule has 2 rings (SSSR count). The van der Waals surface area contributed by atoms with E-state index in [9.17, 15) is 10.2 Å². The highest BCUT2D eigenvalue weighted by atomic mass is 16.3. The van der Waals surface area contributed by atoms with Gasteiger partial charge < -0.3 is 10.2 Å². The third-order valence-electron chi connectivity index (χ3n) is 4.32. The number of hydrogen-bond acceptors (Lipinski definition) is 2. The molecule has 0 aromatic heterocycles. The van der Waals surface area contributed by atoms with Gasteiger partial charge in [0.1, 0.15) is 0 Å². The van der Waals surface area contributed by atoms with Crippen LogP contribution in [0.5, 0.6) is 0 Å². The zero-order valence-electron chi connectivity index (χ0n) is 10.2. The Hall–Kier alpha value is -0.600. The Balaban J connectivity index is 2.22. The van der Waals surface area contributed by atoms with Gasteiger partial charge in [-0.25, -0.2) is 0 Å². The molecule has 90 valence electrons. The molecule has 0 amide bonds. The topological polar surface area (TPSA) is 40.5 Å². The van der Waals surface area contributed by atoms with E-state index in [0.29, 0.717) is 12.3 Å². The SMILES string of the molecule is C=C(C)[C@H]1CCC2=C(C1)[C@@H](C)[C@H](O)[C@@H](O)C2. The molecule has 2 aliphatic carbocycles. The van der Waals surface area contributed by atoms with Gasteiger partial charge in [0.2, 0.25) is 0 Å². The van der Waals surface area contributed by atoms with Crippen molar-refractivity contribution in [2.24, 2.45) is 11.8 Å². The van der Waals surface area contributed by atoms with E-state index < -0.39 is 12.2 Å². The average molecular weight is 222 g/mol. The van der Waals surface area contributed by atoms with E-state index in [1.807, 2.05) is 6.92 Å². The van der Waals surface area contributed by atoms with Gasteiger partial charge in [-0.05, 0) is 38.5 Å². The van der Waals surface area contributed by atoms with Gasteiger partial charge in [0.05, 0.1) is 12.2 Å². The maximum absolute atomic E-state index is 9.90. The molecule has 0 saturated carbocycles. The molecule has 0 radical (unpaired) electrons. The highest BCUT2D eigenvalue weighted by Gasteiger charge is 2.36. The minimum absolute atomic E-state index is 0.112. The van der Waals surface area contributed by atoms with Crippen LogP contribution in [0.15, 0.2) is 23.3 Å². The van der Waals surface area contributed by atoms with E-state index in [2.05, 4.69) is 13.5 Å². The van der Waals surface area contributed by atoms with Crippen molar-refractivity contribution in [2.75, 3.05) is 0 Å². The van der Waals surface area contributed by atoms with Gasteiger partial charge in [-0.3, -0.25) is 0 Å². The summed E-state index contributed by atoms with van der Waals surface area (Å²) in [5, 5.41) is 19.7. The summed E-state index contributed by atoms with van der Waals surface area (Å²) in [6.45, 7) is 8.16. The van der Waals surface area contributed by atoms with Crippen molar-refractivity contribution >= 4 is 0 Å². The number of allylic oxidation sites excluding steroid dienone is 1. The molecule has 2 N–H and O–H groups in total. The zero-order valence-corrected chi connectivity index (χ0v) is 10.2. The first-order valence-electron chi connectivity index (χ1n) is 6.23. The lowest BCUT2D eigenvalue weighted by molar-refractivity contribution is -0.0142. The zero-order chi connectivity index (χ0) is 11.9. The molecule has 0 spiro atoms. The summed E-state index contributed by atoms with van der Waals surface area (Å²) < 4.78 is 0. The Labute approximate surface area is 97.7 Å². The maximum atomic E-state index is 9.90. The number of aliphatic hydroxyl groups excluding tert-OH is 2. The molecule has 2 aliphatic rings. The summed E-state index contributed by atoms with van der Waals surface area (Å²) >= 11 is 0. The van der Waals surface area contributed by atoms with Gasteiger partial charge in [0.15, 0.2) is 0 Å². The van der Waals surface area contributed by atoms with Crippen LogP contribution in [0.1, 0.15) is 39.5 Å². The van der Waals surface area contributed by atoms with Crippen LogP contribution in [0.2, 0.25) is 0 Å². The standard InChI is InChI=1S/C14H22O2/c1-8(2)10-4-5-11-7-13(15)14(16)9(3)12(11)6-10/h9-10,13-16H,1,4-7H2,2-3H3/t9-,10+,13+,14+/m1/s1. The predicted molar refractivity (Wildman–Crippen MR) is 65.0 cm³/mol. The maximum Gasteiger partial charge on any atom is 0.0864 e. The van der Waals surface area contributed by atoms with E-state index in [1.54, 1.807) is 0 Å². The van der Waals surface area contributed by atoms with Crippen LogP contribution in [0.3, 0.4) is 0 Å². The number of hydrogen-bond donors (Lipinski definition) is 2. The predicted octanol–water partition coefficient (Wildman–Crippen LogP) is 2.42. The molecular weight excluding hydrogens is 200 g/mol. The minimum atomic E-state index is -0.581. The summed E-state index contributed by atoms with van der Waals surface area (Å²) in [5.41, 5.74) is 4.03. The van der Waals surface area contributed by atoms with E-state index in [4.69, 9.17) is 0 Å². The molecule has 16 heavy (non-hydrogen) atoms. The quantitative estimate of drug-likeness (QED) is 0.669. The van der Waals surface area contributed by atoms with Crippen molar-refractivity contribution in [3.63, 3.8) is 0 Å². The second-order valence-corrected chi connectivity index (χ2v) is 5.47. The molecule has 0 aromatic carbocycles. The van der Waals surface area contributed by atoms with E-state index in [-0.39, 0.29) is 5.92 Å².